The molecule has 1 aromatic heterocycles. The minimum absolute atomic E-state index is 0.333. The molecule has 0 saturated heterocycles. The summed E-state index contributed by atoms with van der Waals surface area (Å²) >= 11 is 0. The van der Waals surface area contributed by atoms with Crippen LogP contribution < -0.4 is 10.5 Å². The molecule has 2 rings (SSSR count). The Balaban J connectivity index is 2.12. The van der Waals surface area contributed by atoms with E-state index in [0.717, 1.165) is 5.69 Å². The van der Waals surface area contributed by atoms with Gasteiger partial charge in [-0.15, -0.1) is 0 Å². The number of aryl methyl sites for hydroxylation is 1. The summed E-state index contributed by atoms with van der Waals surface area (Å²) < 4.78 is 7.23. The third kappa shape index (κ3) is 2.55. The molecular weight excluding hydrogens is 216 g/mol. The van der Waals surface area contributed by atoms with Crippen molar-refractivity contribution in [2.75, 3.05) is 5.73 Å². The second-order valence-electron chi connectivity index (χ2n) is 3.64. The summed E-state index contributed by atoms with van der Waals surface area (Å²) in [6, 6.07) is 8.90. The van der Waals surface area contributed by atoms with Crippen LogP contribution in [-0.2, 0) is 13.7 Å². The SMILES string of the molecule is Cn1ccc(COc2ccc(N)cc2C#N)n1. The number of rotatable bonds is 3. The lowest BCUT2D eigenvalue weighted by molar-refractivity contribution is 0.299. The van der Waals surface area contributed by atoms with E-state index in [4.69, 9.17) is 15.7 Å². The van der Waals surface area contributed by atoms with Crippen LogP contribution in [0.25, 0.3) is 0 Å². The van der Waals surface area contributed by atoms with Gasteiger partial charge in [-0.05, 0) is 24.3 Å². The van der Waals surface area contributed by atoms with Gasteiger partial charge in [0.25, 0.3) is 0 Å². The largest absolute Gasteiger partial charge is 0.486 e. The molecule has 5 nitrogen and oxygen atoms in total. The summed E-state index contributed by atoms with van der Waals surface area (Å²) in [5, 5.41) is 13.1. The topological polar surface area (TPSA) is 76.9 Å². The van der Waals surface area contributed by atoms with Crippen LogP contribution in [0, 0.1) is 11.3 Å². The molecule has 17 heavy (non-hydrogen) atoms. The summed E-state index contributed by atoms with van der Waals surface area (Å²) in [6.07, 6.45) is 1.84. The molecular formula is C12H12N4O. The van der Waals surface area contributed by atoms with Crippen molar-refractivity contribution < 1.29 is 4.74 Å². The average molecular weight is 228 g/mol. The number of hydrogen-bond acceptors (Lipinski definition) is 4. The predicted molar refractivity (Wildman–Crippen MR) is 63.1 cm³/mol. The van der Waals surface area contributed by atoms with Gasteiger partial charge in [0, 0.05) is 18.9 Å². The standard InChI is InChI=1S/C12H12N4O/c1-16-5-4-11(15-16)8-17-12-3-2-10(14)6-9(12)7-13/h2-6H,8,14H2,1H3. The molecule has 0 radical (unpaired) electrons. The molecule has 0 bridgehead atoms. The normalized spacial score (nSPS) is 9.88. The molecule has 0 spiro atoms. The van der Waals surface area contributed by atoms with E-state index in [2.05, 4.69) is 5.10 Å². The van der Waals surface area contributed by atoms with E-state index >= 15 is 0 Å². The number of ether oxygens (including phenoxy) is 1. The fourth-order valence-electron chi connectivity index (χ4n) is 1.45. The van der Waals surface area contributed by atoms with E-state index in [1.54, 1.807) is 22.9 Å². The predicted octanol–water partition coefficient (Wildman–Crippen LogP) is 1.45. The minimum Gasteiger partial charge on any atom is -0.486 e. The molecule has 1 heterocycles. The Hall–Kier alpha value is -2.48. The zero-order valence-electron chi connectivity index (χ0n) is 9.42. The molecule has 2 aromatic rings. The van der Waals surface area contributed by atoms with Gasteiger partial charge < -0.3 is 10.5 Å². The molecule has 0 amide bonds. The zero-order chi connectivity index (χ0) is 12.3. The van der Waals surface area contributed by atoms with Crippen LogP contribution in [0.1, 0.15) is 11.3 Å². The van der Waals surface area contributed by atoms with Crippen LogP contribution >= 0.6 is 0 Å². The number of nitrogens with two attached hydrogens (primary N) is 1. The molecule has 0 aliphatic heterocycles. The van der Waals surface area contributed by atoms with Gasteiger partial charge in [-0.3, -0.25) is 4.68 Å². The summed E-state index contributed by atoms with van der Waals surface area (Å²) in [7, 11) is 1.84. The first kappa shape index (κ1) is 11.0. The van der Waals surface area contributed by atoms with Gasteiger partial charge in [0.2, 0.25) is 0 Å². The highest BCUT2D eigenvalue weighted by Gasteiger charge is 2.05. The van der Waals surface area contributed by atoms with Crippen molar-refractivity contribution >= 4 is 5.69 Å². The second-order valence-corrected chi connectivity index (χ2v) is 3.64. The third-order valence-electron chi connectivity index (χ3n) is 2.27. The van der Waals surface area contributed by atoms with Gasteiger partial charge in [-0.25, -0.2) is 0 Å². The Morgan fingerprint density at radius 1 is 1.47 bits per heavy atom. The highest BCUT2D eigenvalue weighted by molar-refractivity contribution is 5.53. The average Bonchev–Trinajstić information content (AvgIpc) is 2.73. The molecule has 5 heteroatoms. The second kappa shape index (κ2) is 4.58. The summed E-state index contributed by atoms with van der Waals surface area (Å²) in [4.78, 5) is 0. The van der Waals surface area contributed by atoms with Crippen molar-refractivity contribution in [1.82, 2.24) is 9.78 Å². The van der Waals surface area contributed by atoms with E-state index in [-0.39, 0.29) is 0 Å². The molecule has 0 atom stereocenters. The number of nitrogen functional groups attached to an aromatic ring is 1. The first-order valence-corrected chi connectivity index (χ1v) is 5.10. The number of nitrogens with zero attached hydrogens (tertiary/aromatic N) is 3. The first-order valence-electron chi connectivity index (χ1n) is 5.10. The van der Waals surface area contributed by atoms with Crippen LogP contribution in [0.15, 0.2) is 30.5 Å². The number of nitriles is 1. The number of aromatic nitrogens is 2. The lowest BCUT2D eigenvalue weighted by Gasteiger charge is -2.06. The van der Waals surface area contributed by atoms with E-state index in [9.17, 15) is 0 Å². The molecule has 0 aliphatic rings. The number of benzene rings is 1. The van der Waals surface area contributed by atoms with Crippen molar-refractivity contribution in [3.05, 3.63) is 41.7 Å². The smallest absolute Gasteiger partial charge is 0.137 e. The third-order valence-corrected chi connectivity index (χ3v) is 2.27. The van der Waals surface area contributed by atoms with E-state index < -0.39 is 0 Å². The number of anilines is 1. The monoisotopic (exact) mass is 228 g/mol. The van der Waals surface area contributed by atoms with Crippen molar-refractivity contribution in [2.45, 2.75) is 6.61 Å². The Morgan fingerprint density at radius 2 is 2.29 bits per heavy atom. The zero-order valence-corrected chi connectivity index (χ0v) is 9.42. The maximum absolute atomic E-state index is 8.94. The Morgan fingerprint density at radius 3 is 2.94 bits per heavy atom. The van der Waals surface area contributed by atoms with E-state index in [1.165, 1.54) is 0 Å². The lowest BCUT2D eigenvalue weighted by Crippen LogP contribution is -2.00. The molecule has 2 N–H and O–H groups in total. The van der Waals surface area contributed by atoms with Gasteiger partial charge in [0.15, 0.2) is 0 Å². The van der Waals surface area contributed by atoms with Crippen LogP contribution in [-0.4, -0.2) is 9.78 Å². The van der Waals surface area contributed by atoms with Gasteiger partial charge in [-0.2, -0.15) is 10.4 Å². The van der Waals surface area contributed by atoms with Crippen molar-refractivity contribution in [1.29, 1.82) is 5.26 Å². The maximum Gasteiger partial charge on any atom is 0.137 e. The van der Waals surface area contributed by atoms with Gasteiger partial charge in [0.05, 0.1) is 11.3 Å². The molecule has 0 aliphatic carbocycles. The van der Waals surface area contributed by atoms with Crippen molar-refractivity contribution in [3.8, 4) is 11.8 Å². The van der Waals surface area contributed by atoms with E-state index in [1.807, 2.05) is 25.4 Å². The van der Waals surface area contributed by atoms with Crippen molar-refractivity contribution in [3.63, 3.8) is 0 Å². The first-order chi connectivity index (χ1) is 8.19. The summed E-state index contributed by atoms with van der Waals surface area (Å²) in [6.45, 7) is 0.333. The minimum atomic E-state index is 0.333. The van der Waals surface area contributed by atoms with Crippen LogP contribution in [0.4, 0.5) is 5.69 Å². The lowest BCUT2D eigenvalue weighted by atomic mass is 10.2. The molecule has 0 fully saturated rings. The Labute approximate surface area is 99.0 Å². The van der Waals surface area contributed by atoms with Crippen LogP contribution in [0.5, 0.6) is 5.75 Å². The maximum atomic E-state index is 8.94. The highest BCUT2D eigenvalue weighted by atomic mass is 16.5. The van der Waals surface area contributed by atoms with Crippen molar-refractivity contribution in [2.24, 2.45) is 7.05 Å². The quantitative estimate of drug-likeness (QED) is 0.806. The fourth-order valence-corrected chi connectivity index (χ4v) is 1.45. The van der Waals surface area contributed by atoms with Gasteiger partial charge in [0.1, 0.15) is 18.4 Å². The van der Waals surface area contributed by atoms with E-state index in [0.29, 0.717) is 23.6 Å². The molecule has 1 aromatic carbocycles. The summed E-state index contributed by atoms with van der Waals surface area (Å²) in [5.41, 5.74) is 7.38. The molecule has 0 saturated carbocycles. The Kier molecular flexibility index (Phi) is 2.97. The van der Waals surface area contributed by atoms with Gasteiger partial charge in [-0.1, -0.05) is 0 Å². The van der Waals surface area contributed by atoms with Crippen LogP contribution in [0.2, 0.25) is 0 Å². The Bertz CT molecular complexity index is 568. The molecule has 0 unspecified atom stereocenters. The molecule has 86 valence electrons. The van der Waals surface area contributed by atoms with Crippen LogP contribution in [0.3, 0.4) is 0 Å². The fraction of sp³-hybridized carbons (Fsp3) is 0.167. The number of hydrogen-bond donors (Lipinski definition) is 1. The highest BCUT2D eigenvalue weighted by Crippen LogP contribution is 2.21. The summed E-state index contributed by atoms with van der Waals surface area (Å²) in [5.74, 6) is 0.521. The van der Waals surface area contributed by atoms with Gasteiger partial charge >= 0.3 is 0 Å².